The van der Waals surface area contributed by atoms with Crippen LogP contribution in [0.5, 0.6) is 0 Å². The molecule has 8 heteroatoms. The monoisotopic (exact) mass is 1120 g/mol. The summed E-state index contributed by atoms with van der Waals surface area (Å²) in [5.41, 5.74) is 21.1. The fraction of sp³-hybridized carbons (Fsp3) is 0.179. The normalized spacial score (nSPS) is 25.3. The maximum atomic E-state index is 5.79. The van der Waals surface area contributed by atoms with Gasteiger partial charge in [0.2, 0.25) is 0 Å². The highest BCUT2D eigenvalue weighted by atomic mass is 15.4. The maximum absolute atomic E-state index is 5.79. The molecule has 86 heavy (non-hydrogen) atoms. The number of hydrogen-bond acceptors (Lipinski definition) is 7. The quantitative estimate of drug-likeness (QED) is 0.104. The first-order chi connectivity index (χ1) is 42.6. The Balaban J connectivity index is 0.903. The zero-order valence-corrected chi connectivity index (χ0v) is 48.0. The molecule has 4 N–H and O–H groups in total. The Bertz CT molecular complexity index is 4200. The van der Waals surface area contributed by atoms with Gasteiger partial charge < -0.3 is 14.8 Å². The van der Waals surface area contributed by atoms with Crippen LogP contribution in [0.1, 0.15) is 106 Å². The second-order valence-electron chi connectivity index (χ2n) is 23.9. The lowest BCUT2D eigenvalue weighted by atomic mass is 9.75. The van der Waals surface area contributed by atoms with E-state index in [0.717, 1.165) is 54.9 Å². The Morgan fingerprint density at radius 1 is 0.523 bits per heavy atom. The van der Waals surface area contributed by atoms with Crippen molar-refractivity contribution in [3.63, 3.8) is 0 Å². The molecule has 0 radical (unpaired) electrons. The lowest BCUT2D eigenvalue weighted by molar-refractivity contribution is 0.223. The van der Waals surface area contributed by atoms with Crippen LogP contribution in [0.2, 0.25) is 0 Å². The Morgan fingerprint density at radius 2 is 1.20 bits per heavy atom. The summed E-state index contributed by atoms with van der Waals surface area (Å²) in [7, 11) is 0. The van der Waals surface area contributed by atoms with Crippen molar-refractivity contribution in [2.45, 2.75) is 74.8 Å². The van der Waals surface area contributed by atoms with Crippen molar-refractivity contribution < 1.29 is 0 Å². The molecule has 8 aromatic rings. The van der Waals surface area contributed by atoms with Crippen LogP contribution in [0.25, 0.3) is 28.9 Å². The number of aromatic nitrogens is 1. The highest BCUT2D eigenvalue weighted by molar-refractivity contribution is 6.16. The third-order valence-electron chi connectivity index (χ3n) is 18.9. The van der Waals surface area contributed by atoms with Gasteiger partial charge in [-0.05, 0) is 148 Å². The highest BCUT2D eigenvalue weighted by Gasteiger charge is 2.50. The molecule has 0 bridgehead atoms. The summed E-state index contributed by atoms with van der Waals surface area (Å²) in [6.45, 7) is 0. The van der Waals surface area contributed by atoms with Gasteiger partial charge in [0.05, 0.1) is 36.5 Å². The van der Waals surface area contributed by atoms with Crippen molar-refractivity contribution in [3.05, 3.63) is 328 Å². The lowest BCUT2D eigenvalue weighted by Gasteiger charge is -2.42. The number of amidine groups is 2. The topological polar surface area (TPSA) is 81.0 Å². The second kappa shape index (κ2) is 22.5. The van der Waals surface area contributed by atoms with Gasteiger partial charge >= 0.3 is 0 Å². The molecule has 1 fully saturated rings. The molecule has 16 rings (SSSR count). The number of nitrogens with one attached hydrogen (secondary N) is 4. The number of fused-ring (bicyclic) bond motifs is 7. The molecule has 8 aliphatic rings. The molecular weight excluding hydrogens is 1050 g/mol. The number of benzene rings is 7. The summed E-state index contributed by atoms with van der Waals surface area (Å²) < 4.78 is 2.80. The van der Waals surface area contributed by atoms with Gasteiger partial charge in [-0.25, -0.2) is 9.98 Å². The fourth-order valence-corrected chi connectivity index (χ4v) is 14.8. The van der Waals surface area contributed by atoms with E-state index in [4.69, 9.17) is 9.98 Å². The van der Waals surface area contributed by atoms with Crippen LogP contribution in [0.4, 0.5) is 11.4 Å². The van der Waals surface area contributed by atoms with Crippen molar-refractivity contribution in [1.82, 2.24) is 25.8 Å². The number of rotatable bonds is 11. The van der Waals surface area contributed by atoms with Gasteiger partial charge in [-0.3, -0.25) is 16.0 Å². The number of anilines is 2. The molecule has 1 saturated heterocycles. The van der Waals surface area contributed by atoms with Crippen LogP contribution in [-0.4, -0.2) is 28.4 Å². The van der Waals surface area contributed by atoms with Crippen LogP contribution in [0, 0.1) is 11.8 Å². The van der Waals surface area contributed by atoms with E-state index in [1.807, 2.05) is 0 Å². The van der Waals surface area contributed by atoms with E-state index in [1.165, 1.54) is 84.0 Å². The molecule has 0 spiro atoms. The first-order valence-electron chi connectivity index (χ1n) is 30.9. The SMILES string of the molecule is C1=CCCC(C2=NC(c3ccccc3)N=C(C3=CC(C4NC(c5ccccc5)NC(c5cccc(-c6ccccc6)c5)N4)=CCC3n3c4c(c5c3C3c6ccccc6N(c6ccccc6)C3C(c3ccccc3)=C5)CC(C3C=CC=CC3)C=C4)N2)=C1. The third kappa shape index (κ3) is 9.55. The van der Waals surface area contributed by atoms with E-state index >= 15 is 0 Å². The van der Waals surface area contributed by atoms with E-state index in [1.54, 1.807) is 0 Å². The molecule has 0 saturated carbocycles. The van der Waals surface area contributed by atoms with Crippen LogP contribution >= 0.6 is 0 Å². The van der Waals surface area contributed by atoms with Gasteiger partial charge in [0.1, 0.15) is 11.7 Å². The predicted octanol–water partition coefficient (Wildman–Crippen LogP) is 16.4. The summed E-state index contributed by atoms with van der Waals surface area (Å²) in [5, 5.41) is 16.2. The minimum atomic E-state index is -0.448. The Hall–Kier alpha value is -9.44. The Labute approximate surface area is 504 Å². The lowest BCUT2D eigenvalue weighted by Crippen LogP contribution is -2.59. The number of aliphatic imine (C=N–C) groups is 2. The van der Waals surface area contributed by atoms with Crippen molar-refractivity contribution >= 4 is 40.8 Å². The smallest absolute Gasteiger partial charge is 0.169 e. The molecule has 1 aromatic heterocycles. The molecule has 7 aromatic carbocycles. The fourth-order valence-electron chi connectivity index (χ4n) is 14.8. The van der Waals surface area contributed by atoms with E-state index in [-0.39, 0.29) is 36.5 Å². The van der Waals surface area contributed by atoms with Crippen LogP contribution in [-0.2, 0) is 6.42 Å². The number of hydrogen-bond donors (Lipinski definition) is 4. The van der Waals surface area contributed by atoms with Crippen molar-refractivity contribution in [2.24, 2.45) is 21.8 Å². The van der Waals surface area contributed by atoms with E-state index in [2.05, 4.69) is 304 Å². The van der Waals surface area contributed by atoms with Gasteiger partial charge in [-0.15, -0.1) is 0 Å². The van der Waals surface area contributed by atoms with Gasteiger partial charge in [-0.2, -0.15) is 0 Å². The van der Waals surface area contributed by atoms with Gasteiger partial charge in [0.15, 0.2) is 6.17 Å². The first kappa shape index (κ1) is 52.1. The molecule has 8 nitrogen and oxygen atoms in total. The van der Waals surface area contributed by atoms with Crippen molar-refractivity contribution in [1.29, 1.82) is 0 Å². The van der Waals surface area contributed by atoms with Crippen molar-refractivity contribution in [2.75, 3.05) is 4.90 Å². The first-order valence-corrected chi connectivity index (χ1v) is 30.9. The molecule has 0 amide bonds. The summed E-state index contributed by atoms with van der Waals surface area (Å²) in [6.07, 6.45) is 32.1. The largest absolute Gasteiger partial charge is 0.336 e. The Kier molecular flexibility index (Phi) is 13.7. The molecular formula is C78H68N8. The van der Waals surface area contributed by atoms with Gasteiger partial charge in [-0.1, -0.05) is 231 Å². The summed E-state index contributed by atoms with van der Waals surface area (Å²) >= 11 is 0. The standard InChI is InChI=1S/C78H68N8/c1-8-25-51(26-9-1)57-37-24-38-59(47-57)76-80-73(54-31-14-4-15-32-54)81-77(82-76)60-44-46-69(66(49-60)78-83-74(55-33-16-5-17-34-55)79-75(84-78)56-35-18-6-19-36-56)86-68-45-43-58(52-27-10-2-11-28-52)48-64(68)65-50-63(53-29-12-3-13-30-53)71-70(72(65)86)62-41-22-23-42-67(62)85(71)61-39-20-7-21-40-61/h1-18,20-27,29-35,37-45,47,49-50,52,58,69-71,73-74,76-77,80-82H,19,28,36,46,48H2,(H,79,83,84). The predicted molar refractivity (Wildman–Crippen MR) is 352 cm³/mol. The maximum Gasteiger partial charge on any atom is 0.169 e. The molecule has 3 aliphatic heterocycles. The van der Waals surface area contributed by atoms with E-state index < -0.39 is 6.17 Å². The van der Waals surface area contributed by atoms with Gasteiger partial charge in [0.25, 0.3) is 0 Å². The molecule has 5 aliphatic carbocycles. The number of para-hydroxylation sites is 2. The van der Waals surface area contributed by atoms with Crippen molar-refractivity contribution in [3.8, 4) is 11.1 Å². The number of nitrogens with zero attached hydrogens (tertiary/aromatic N) is 4. The van der Waals surface area contributed by atoms with E-state index in [9.17, 15) is 0 Å². The minimum absolute atomic E-state index is 0.00962. The Morgan fingerprint density at radius 3 is 1.95 bits per heavy atom. The van der Waals surface area contributed by atoms with Crippen LogP contribution in [0.15, 0.2) is 288 Å². The third-order valence-corrected chi connectivity index (χ3v) is 18.9. The summed E-state index contributed by atoms with van der Waals surface area (Å²) in [5.74, 6) is 2.50. The zero-order chi connectivity index (χ0) is 56.9. The summed E-state index contributed by atoms with van der Waals surface area (Å²) in [6, 6.07) is 72.5. The average Bonchev–Trinajstić information content (AvgIpc) is 1.67. The molecule has 9 atom stereocenters. The molecule has 420 valence electrons. The van der Waals surface area contributed by atoms with Crippen LogP contribution in [0.3, 0.4) is 0 Å². The average molecular weight is 1120 g/mol. The zero-order valence-electron chi connectivity index (χ0n) is 48.0. The van der Waals surface area contributed by atoms with Gasteiger partial charge in [0, 0.05) is 33.9 Å². The molecule has 4 heterocycles. The molecule has 9 unspecified atom stereocenters. The second-order valence-corrected chi connectivity index (χ2v) is 23.9. The van der Waals surface area contributed by atoms with Crippen LogP contribution < -0.4 is 26.2 Å². The minimum Gasteiger partial charge on any atom is -0.336 e. The van der Waals surface area contributed by atoms with E-state index in [0.29, 0.717) is 11.8 Å². The number of allylic oxidation sites excluding steroid dienone is 9. The highest BCUT2D eigenvalue weighted by Crippen LogP contribution is 2.58. The summed E-state index contributed by atoms with van der Waals surface area (Å²) in [4.78, 5) is 13.9.